The van der Waals surface area contributed by atoms with Crippen LogP contribution in [0.4, 0.5) is 0 Å². The highest BCUT2D eigenvalue weighted by atomic mass is 16.6. The molecule has 0 aromatic heterocycles. The van der Waals surface area contributed by atoms with E-state index in [2.05, 4.69) is 12.1 Å². The van der Waals surface area contributed by atoms with Crippen LogP contribution in [0, 0.1) is 0 Å². The largest absolute Gasteiger partial charge is 0.482 e. The molecular formula is C30H22O5. The van der Waals surface area contributed by atoms with Crippen LogP contribution in [0.2, 0.25) is 0 Å². The monoisotopic (exact) mass is 462 g/mol. The third-order valence-corrected chi connectivity index (χ3v) is 5.56. The Bertz CT molecular complexity index is 1370. The number of rotatable bonds is 7. The van der Waals surface area contributed by atoms with Gasteiger partial charge in [0.25, 0.3) is 0 Å². The summed E-state index contributed by atoms with van der Waals surface area (Å²) in [5, 5.41) is 0. The van der Waals surface area contributed by atoms with E-state index in [1.165, 1.54) is 0 Å². The first-order chi connectivity index (χ1) is 17.2. The maximum absolute atomic E-state index is 12.8. The Morgan fingerprint density at radius 3 is 2.23 bits per heavy atom. The van der Waals surface area contributed by atoms with E-state index in [4.69, 9.17) is 14.2 Å². The summed E-state index contributed by atoms with van der Waals surface area (Å²) in [6.07, 6.45) is 1.72. The molecule has 0 saturated heterocycles. The van der Waals surface area contributed by atoms with Gasteiger partial charge in [-0.2, -0.15) is 0 Å². The number of hydrogen-bond donors (Lipinski definition) is 0. The van der Waals surface area contributed by atoms with Crippen molar-refractivity contribution in [1.29, 1.82) is 0 Å². The van der Waals surface area contributed by atoms with Crippen LogP contribution in [0.5, 0.6) is 11.5 Å². The van der Waals surface area contributed by atoms with Gasteiger partial charge in [0.15, 0.2) is 12.4 Å². The van der Waals surface area contributed by atoms with Gasteiger partial charge >= 0.3 is 5.97 Å². The summed E-state index contributed by atoms with van der Waals surface area (Å²) < 4.78 is 16.6. The maximum atomic E-state index is 12.8. The highest BCUT2D eigenvalue weighted by molar-refractivity contribution is 6.14. The van der Waals surface area contributed by atoms with Crippen LogP contribution in [-0.4, -0.2) is 18.4 Å². The fourth-order valence-electron chi connectivity index (χ4n) is 3.73. The van der Waals surface area contributed by atoms with Crippen molar-refractivity contribution in [3.63, 3.8) is 0 Å². The molecule has 0 amide bonds. The lowest BCUT2D eigenvalue weighted by molar-refractivity contribution is -0.147. The zero-order valence-corrected chi connectivity index (χ0v) is 18.8. The van der Waals surface area contributed by atoms with E-state index in [-0.39, 0.29) is 24.8 Å². The van der Waals surface area contributed by atoms with E-state index in [1.807, 2.05) is 72.8 Å². The first-order valence-corrected chi connectivity index (χ1v) is 11.2. The van der Waals surface area contributed by atoms with Gasteiger partial charge in [-0.05, 0) is 40.5 Å². The lowest BCUT2D eigenvalue weighted by Crippen LogP contribution is -2.14. The molecule has 0 spiro atoms. The second-order valence-electron chi connectivity index (χ2n) is 8.02. The third-order valence-electron chi connectivity index (χ3n) is 5.56. The lowest BCUT2D eigenvalue weighted by Gasteiger charge is -2.08. The molecule has 1 aliphatic heterocycles. The van der Waals surface area contributed by atoms with E-state index in [0.29, 0.717) is 17.1 Å². The average Bonchev–Trinajstić information content (AvgIpc) is 3.22. The molecule has 172 valence electrons. The molecule has 35 heavy (non-hydrogen) atoms. The standard InChI is InChI=1S/C30H22O5/c31-29(34-19-22-7-3-1-4-8-22)20-33-25-15-16-26-27(18-25)35-28(30(26)32)17-21-11-13-24(14-12-21)23-9-5-2-6-10-23/h1-18H,19-20H2/b28-17-. The molecule has 0 radical (unpaired) electrons. The van der Waals surface area contributed by atoms with Gasteiger partial charge in [0.1, 0.15) is 18.1 Å². The molecule has 0 fully saturated rings. The second-order valence-corrected chi connectivity index (χ2v) is 8.02. The van der Waals surface area contributed by atoms with Gasteiger partial charge in [-0.3, -0.25) is 4.79 Å². The summed E-state index contributed by atoms with van der Waals surface area (Å²) in [6, 6.07) is 32.3. The van der Waals surface area contributed by atoms with Crippen molar-refractivity contribution in [2.75, 3.05) is 6.61 Å². The summed E-state index contributed by atoms with van der Waals surface area (Å²) >= 11 is 0. The molecule has 0 unspecified atom stereocenters. The Labute approximate surface area is 203 Å². The Kier molecular flexibility index (Phi) is 6.39. The van der Waals surface area contributed by atoms with Crippen molar-refractivity contribution in [2.45, 2.75) is 6.61 Å². The normalized spacial score (nSPS) is 13.3. The Balaban J connectivity index is 1.21. The zero-order valence-electron chi connectivity index (χ0n) is 18.8. The van der Waals surface area contributed by atoms with Crippen molar-refractivity contribution in [2.24, 2.45) is 0 Å². The molecule has 0 saturated carbocycles. The molecular weight excluding hydrogens is 440 g/mol. The Morgan fingerprint density at radius 1 is 0.800 bits per heavy atom. The van der Waals surface area contributed by atoms with Gasteiger partial charge in [-0.1, -0.05) is 84.9 Å². The van der Waals surface area contributed by atoms with E-state index in [1.54, 1.807) is 24.3 Å². The Morgan fingerprint density at radius 2 is 1.49 bits per heavy atom. The number of ketones is 1. The molecule has 0 N–H and O–H groups in total. The van der Waals surface area contributed by atoms with Crippen molar-refractivity contribution in [1.82, 2.24) is 0 Å². The number of ether oxygens (including phenoxy) is 3. The molecule has 5 heteroatoms. The summed E-state index contributed by atoms with van der Waals surface area (Å²) in [4.78, 5) is 24.8. The Hall–Kier alpha value is -4.64. The molecule has 5 rings (SSSR count). The molecule has 1 heterocycles. The second kappa shape index (κ2) is 10.1. The molecule has 4 aromatic carbocycles. The minimum atomic E-state index is -0.481. The number of carbonyl (C=O) groups excluding carboxylic acids is 2. The fourth-order valence-corrected chi connectivity index (χ4v) is 3.73. The van der Waals surface area contributed by atoms with Gasteiger partial charge in [0, 0.05) is 6.07 Å². The van der Waals surface area contributed by atoms with Crippen LogP contribution in [-0.2, 0) is 16.1 Å². The minimum Gasteiger partial charge on any atom is -0.482 e. The number of esters is 1. The molecule has 4 aromatic rings. The highest BCUT2D eigenvalue weighted by Gasteiger charge is 2.27. The molecule has 0 atom stereocenters. The van der Waals surface area contributed by atoms with Crippen molar-refractivity contribution in [3.8, 4) is 22.6 Å². The number of fused-ring (bicyclic) bond motifs is 1. The fraction of sp³-hybridized carbons (Fsp3) is 0.0667. The van der Waals surface area contributed by atoms with E-state index in [0.717, 1.165) is 22.3 Å². The zero-order chi connectivity index (χ0) is 24.0. The van der Waals surface area contributed by atoms with Crippen molar-refractivity contribution < 1.29 is 23.8 Å². The van der Waals surface area contributed by atoms with Gasteiger partial charge in [0.05, 0.1) is 5.56 Å². The number of hydrogen-bond acceptors (Lipinski definition) is 5. The maximum Gasteiger partial charge on any atom is 0.344 e. The van der Waals surface area contributed by atoms with Crippen molar-refractivity contribution in [3.05, 3.63) is 126 Å². The quantitative estimate of drug-likeness (QED) is 0.246. The predicted molar refractivity (Wildman–Crippen MR) is 133 cm³/mol. The van der Waals surface area contributed by atoms with E-state index >= 15 is 0 Å². The number of benzene rings is 4. The molecule has 0 aliphatic carbocycles. The number of allylic oxidation sites excluding steroid dienone is 1. The van der Waals surface area contributed by atoms with Gasteiger partial charge in [0.2, 0.25) is 5.78 Å². The topological polar surface area (TPSA) is 61.8 Å². The summed E-state index contributed by atoms with van der Waals surface area (Å²) in [7, 11) is 0. The van der Waals surface area contributed by atoms with Gasteiger partial charge < -0.3 is 14.2 Å². The van der Waals surface area contributed by atoms with Crippen LogP contribution in [0.3, 0.4) is 0 Å². The molecule has 1 aliphatic rings. The van der Waals surface area contributed by atoms with Crippen LogP contribution in [0.1, 0.15) is 21.5 Å². The molecule has 0 bridgehead atoms. The van der Waals surface area contributed by atoms with Crippen LogP contribution in [0.15, 0.2) is 109 Å². The molecule has 5 nitrogen and oxygen atoms in total. The minimum absolute atomic E-state index is 0.186. The smallest absolute Gasteiger partial charge is 0.344 e. The lowest BCUT2D eigenvalue weighted by atomic mass is 10.0. The van der Waals surface area contributed by atoms with Gasteiger partial charge in [-0.15, -0.1) is 0 Å². The van der Waals surface area contributed by atoms with Crippen molar-refractivity contribution >= 4 is 17.8 Å². The third kappa shape index (κ3) is 5.31. The van der Waals surface area contributed by atoms with Crippen LogP contribution < -0.4 is 9.47 Å². The first kappa shape index (κ1) is 22.2. The van der Waals surface area contributed by atoms with E-state index in [9.17, 15) is 9.59 Å². The average molecular weight is 463 g/mol. The summed E-state index contributed by atoms with van der Waals surface area (Å²) in [5.74, 6) is 0.387. The summed E-state index contributed by atoms with van der Waals surface area (Å²) in [5.41, 5.74) is 4.44. The number of carbonyl (C=O) groups is 2. The predicted octanol–water partition coefficient (Wildman–Crippen LogP) is 6.09. The highest BCUT2D eigenvalue weighted by Crippen LogP contribution is 2.35. The van der Waals surface area contributed by atoms with Gasteiger partial charge in [-0.25, -0.2) is 4.79 Å². The summed E-state index contributed by atoms with van der Waals surface area (Å²) in [6.45, 7) is -0.0542. The van der Waals surface area contributed by atoms with E-state index < -0.39 is 5.97 Å². The number of Topliss-reactive ketones (excluding diaryl/α,β-unsaturated/α-hetero) is 1. The SMILES string of the molecule is O=C(COc1ccc2c(c1)O/C(=C\c1ccc(-c3ccccc3)cc1)C2=O)OCc1ccccc1. The van der Waals surface area contributed by atoms with Crippen LogP contribution >= 0.6 is 0 Å². The first-order valence-electron chi connectivity index (χ1n) is 11.2. The van der Waals surface area contributed by atoms with Crippen LogP contribution in [0.25, 0.3) is 17.2 Å².